The molecule has 0 radical (unpaired) electrons. The van der Waals surface area contributed by atoms with Gasteiger partial charge in [-0.1, -0.05) is 97.1 Å². The Morgan fingerprint density at radius 1 is 0.429 bits per heavy atom. The summed E-state index contributed by atoms with van der Waals surface area (Å²) in [6, 6.07) is 35.6. The Labute approximate surface area is 165 Å². The maximum Gasteiger partial charge on any atom is -0.00148 e. The summed E-state index contributed by atoms with van der Waals surface area (Å²) in [5, 5.41) is 5.50. The molecular formula is C28H20. The third-order valence-corrected chi connectivity index (χ3v) is 6.15. The molecule has 1 aliphatic rings. The van der Waals surface area contributed by atoms with E-state index in [1.165, 1.54) is 54.9 Å². The van der Waals surface area contributed by atoms with Crippen LogP contribution in [-0.4, -0.2) is 0 Å². The molecular weight excluding hydrogens is 336 g/mol. The number of fused-ring (bicyclic) bond motifs is 4. The fourth-order valence-corrected chi connectivity index (χ4v) is 4.95. The first-order chi connectivity index (χ1) is 13.9. The van der Waals surface area contributed by atoms with E-state index in [-0.39, 0.29) is 0 Å². The van der Waals surface area contributed by atoms with Gasteiger partial charge in [0.25, 0.3) is 0 Å². The molecule has 0 N–H and O–H groups in total. The SMILES string of the molecule is c1ccc(-c2c3c4c(cccc4c4ccccc24)CCc2ccccc2-3)cc1. The number of hydrogen-bond donors (Lipinski definition) is 0. The number of rotatable bonds is 1. The van der Waals surface area contributed by atoms with Gasteiger partial charge in [0.05, 0.1) is 0 Å². The first kappa shape index (κ1) is 15.7. The third kappa shape index (κ3) is 2.18. The summed E-state index contributed by atoms with van der Waals surface area (Å²) in [7, 11) is 0. The van der Waals surface area contributed by atoms with Crippen LogP contribution in [0, 0.1) is 0 Å². The molecule has 0 aliphatic heterocycles. The molecule has 6 rings (SSSR count). The van der Waals surface area contributed by atoms with E-state index >= 15 is 0 Å². The lowest BCUT2D eigenvalue weighted by Gasteiger charge is -2.19. The van der Waals surface area contributed by atoms with Crippen molar-refractivity contribution in [2.24, 2.45) is 0 Å². The second kappa shape index (κ2) is 6.07. The van der Waals surface area contributed by atoms with Crippen molar-refractivity contribution in [3.8, 4) is 22.3 Å². The minimum Gasteiger partial charge on any atom is -0.0622 e. The van der Waals surface area contributed by atoms with Crippen molar-refractivity contribution in [2.45, 2.75) is 12.8 Å². The smallest absolute Gasteiger partial charge is 0.00148 e. The molecule has 1 aliphatic carbocycles. The minimum atomic E-state index is 1.09. The average Bonchev–Trinajstić information content (AvgIpc) is 2.93. The van der Waals surface area contributed by atoms with Crippen molar-refractivity contribution < 1.29 is 0 Å². The lowest BCUT2D eigenvalue weighted by molar-refractivity contribution is 0.978. The van der Waals surface area contributed by atoms with E-state index in [0.29, 0.717) is 0 Å². The van der Waals surface area contributed by atoms with Crippen LogP contribution in [0.25, 0.3) is 43.8 Å². The molecule has 0 amide bonds. The molecule has 5 aromatic rings. The fourth-order valence-electron chi connectivity index (χ4n) is 4.95. The highest BCUT2D eigenvalue weighted by atomic mass is 14.3. The van der Waals surface area contributed by atoms with Gasteiger partial charge in [0.2, 0.25) is 0 Å². The molecule has 0 heteroatoms. The predicted octanol–water partition coefficient (Wildman–Crippen LogP) is 7.43. The molecule has 0 aromatic heterocycles. The largest absolute Gasteiger partial charge is 0.0622 e. The molecule has 0 nitrogen and oxygen atoms in total. The summed E-state index contributed by atoms with van der Waals surface area (Å²) in [5.41, 5.74) is 8.37. The first-order valence-corrected chi connectivity index (χ1v) is 10.0. The van der Waals surface area contributed by atoms with E-state index < -0.39 is 0 Å². The Kier molecular flexibility index (Phi) is 3.39. The van der Waals surface area contributed by atoms with Crippen LogP contribution in [0.4, 0.5) is 0 Å². The van der Waals surface area contributed by atoms with Crippen LogP contribution < -0.4 is 0 Å². The molecule has 0 saturated heterocycles. The molecule has 0 bridgehead atoms. The predicted molar refractivity (Wildman–Crippen MR) is 120 cm³/mol. The lowest BCUT2D eigenvalue weighted by atomic mass is 9.83. The van der Waals surface area contributed by atoms with Gasteiger partial charge >= 0.3 is 0 Å². The van der Waals surface area contributed by atoms with Gasteiger partial charge in [-0.25, -0.2) is 0 Å². The van der Waals surface area contributed by atoms with E-state index in [0.717, 1.165) is 12.8 Å². The first-order valence-electron chi connectivity index (χ1n) is 10.0. The molecule has 0 spiro atoms. The molecule has 0 unspecified atom stereocenters. The van der Waals surface area contributed by atoms with Crippen molar-refractivity contribution in [2.75, 3.05) is 0 Å². The van der Waals surface area contributed by atoms with Gasteiger partial charge in [0.1, 0.15) is 0 Å². The molecule has 0 atom stereocenters. The number of hydrogen-bond acceptors (Lipinski definition) is 0. The Bertz CT molecular complexity index is 1340. The second-order valence-electron chi connectivity index (χ2n) is 7.66. The molecule has 28 heavy (non-hydrogen) atoms. The summed E-state index contributed by atoms with van der Waals surface area (Å²) < 4.78 is 0. The van der Waals surface area contributed by atoms with Crippen molar-refractivity contribution in [3.05, 3.63) is 108 Å². The van der Waals surface area contributed by atoms with Crippen molar-refractivity contribution >= 4 is 21.5 Å². The number of benzene rings is 5. The van der Waals surface area contributed by atoms with E-state index in [1.807, 2.05) is 0 Å². The highest BCUT2D eigenvalue weighted by molar-refractivity contribution is 6.22. The van der Waals surface area contributed by atoms with Crippen molar-refractivity contribution in [1.82, 2.24) is 0 Å². The maximum absolute atomic E-state index is 2.32. The Morgan fingerprint density at radius 2 is 1.07 bits per heavy atom. The summed E-state index contributed by atoms with van der Waals surface area (Å²) in [4.78, 5) is 0. The maximum atomic E-state index is 2.32. The van der Waals surface area contributed by atoms with Crippen LogP contribution >= 0.6 is 0 Å². The van der Waals surface area contributed by atoms with Gasteiger partial charge in [-0.15, -0.1) is 0 Å². The standard InChI is InChI=1S/C28H20/c1-2-10-20(11-3-1)26-24-15-7-6-14-23(24)25-16-8-12-21-18-17-19-9-4-5-13-22(19)28(26)27(21)25/h1-16H,17-18H2. The fraction of sp³-hybridized carbons (Fsp3) is 0.0714. The van der Waals surface area contributed by atoms with Gasteiger partial charge < -0.3 is 0 Å². The van der Waals surface area contributed by atoms with Gasteiger partial charge in [-0.3, -0.25) is 0 Å². The van der Waals surface area contributed by atoms with Crippen molar-refractivity contribution in [3.63, 3.8) is 0 Å². The third-order valence-electron chi connectivity index (χ3n) is 6.15. The van der Waals surface area contributed by atoms with Crippen LogP contribution in [0.5, 0.6) is 0 Å². The van der Waals surface area contributed by atoms with Crippen LogP contribution in [-0.2, 0) is 12.8 Å². The summed E-state index contributed by atoms with van der Waals surface area (Å²) >= 11 is 0. The van der Waals surface area contributed by atoms with Crippen molar-refractivity contribution in [1.29, 1.82) is 0 Å². The van der Waals surface area contributed by atoms with Crippen LogP contribution in [0.15, 0.2) is 97.1 Å². The molecule has 0 fully saturated rings. The van der Waals surface area contributed by atoms with Crippen LogP contribution in [0.2, 0.25) is 0 Å². The monoisotopic (exact) mass is 356 g/mol. The van der Waals surface area contributed by atoms with E-state index in [9.17, 15) is 0 Å². The molecule has 132 valence electrons. The van der Waals surface area contributed by atoms with E-state index in [2.05, 4.69) is 97.1 Å². The highest BCUT2D eigenvalue weighted by Crippen LogP contribution is 2.47. The summed E-state index contributed by atoms with van der Waals surface area (Å²) in [6.45, 7) is 0. The van der Waals surface area contributed by atoms with Gasteiger partial charge in [0.15, 0.2) is 0 Å². The van der Waals surface area contributed by atoms with Gasteiger partial charge in [0, 0.05) is 0 Å². The Balaban J connectivity index is 1.93. The average molecular weight is 356 g/mol. The van der Waals surface area contributed by atoms with E-state index in [4.69, 9.17) is 0 Å². The van der Waals surface area contributed by atoms with E-state index in [1.54, 1.807) is 0 Å². The van der Waals surface area contributed by atoms with Crippen LogP contribution in [0.3, 0.4) is 0 Å². The lowest BCUT2D eigenvalue weighted by Crippen LogP contribution is -1.93. The Hall–Kier alpha value is -3.38. The van der Waals surface area contributed by atoms with Gasteiger partial charge in [-0.05, 0) is 67.8 Å². The minimum absolute atomic E-state index is 1.09. The second-order valence-corrected chi connectivity index (χ2v) is 7.66. The molecule has 0 saturated carbocycles. The zero-order chi connectivity index (χ0) is 18.5. The normalized spacial score (nSPS) is 12.7. The van der Waals surface area contributed by atoms with Crippen LogP contribution in [0.1, 0.15) is 11.1 Å². The topological polar surface area (TPSA) is 0 Å². The number of aryl methyl sites for hydroxylation is 2. The quantitative estimate of drug-likeness (QED) is 0.274. The zero-order valence-corrected chi connectivity index (χ0v) is 15.7. The molecule has 0 heterocycles. The summed E-state index contributed by atoms with van der Waals surface area (Å²) in [5.74, 6) is 0. The highest BCUT2D eigenvalue weighted by Gasteiger charge is 2.22. The van der Waals surface area contributed by atoms with Gasteiger partial charge in [-0.2, -0.15) is 0 Å². The Morgan fingerprint density at radius 3 is 1.96 bits per heavy atom. The summed E-state index contributed by atoms with van der Waals surface area (Å²) in [6.07, 6.45) is 2.18. The molecule has 5 aromatic carbocycles. The zero-order valence-electron chi connectivity index (χ0n) is 15.7.